The summed E-state index contributed by atoms with van der Waals surface area (Å²) in [6, 6.07) is 24.0. The minimum Gasteiger partial charge on any atom is -0.497 e. The quantitative estimate of drug-likeness (QED) is 0.295. The highest BCUT2D eigenvalue weighted by atomic mass is 16.5. The highest BCUT2D eigenvalue weighted by molar-refractivity contribution is 5.90. The lowest BCUT2D eigenvalue weighted by molar-refractivity contribution is -0.130. The Kier molecular flexibility index (Phi) is 7.78. The van der Waals surface area contributed by atoms with Gasteiger partial charge in [-0.3, -0.25) is 4.79 Å². The number of primary amides is 1. The molecule has 0 radical (unpaired) electrons. The van der Waals surface area contributed by atoms with Gasteiger partial charge in [0, 0.05) is 31.4 Å². The molecule has 0 aliphatic heterocycles. The predicted octanol–water partition coefficient (Wildman–Crippen LogP) is 5.37. The summed E-state index contributed by atoms with van der Waals surface area (Å²) in [6.45, 7) is 0. The topological polar surface area (TPSA) is 103 Å². The molecule has 3 N–H and O–H groups in total. The number of carbonyl (C=O) groups is 1. The van der Waals surface area contributed by atoms with Crippen molar-refractivity contribution in [3.05, 3.63) is 83.9 Å². The summed E-state index contributed by atoms with van der Waals surface area (Å²) in [6.07, 6.45) is 2.80. The van der Waals surface area contributed by atoms with Crippen LogP contribution < -0.4 is 25.4 Å². The van der Waals surface area contributed by atoms with Crippen molar-refractivity contribution in [1.82, 2.24) is 9.97 Å². The molecule has 3 aromatic carbocycles. The first-order chi connectivity index (χ1) is 19.3. The van der Waals surface area contributed by atoms with Crippen molar-refractivity contribution in [2.45, 2.75) is 37.6 Å². The van der Waals surface area contributed by atoms with E-state index in [1.54, 1.807) is 14.2 Å². The summed E-state index contributed by atoms with van der Waals surface area (Å²) in [5, 5.41) is 4.57. The van der Waals surface area contributed by atoms with Crippen LogP contribution in [0.1, 0.15) is 42.7 Å². The van der Waals surface area contributed by atoms with E-state index in [0.29, 0.717) is 18.8 Å². The molecule has 0 bridgehead atoms. The Morgan fingerprint density at radius 3 is 1.95 bits per heavy atom. The van der Waals surface area contributed by atoms with Crippen molar-refractivity contribution < 1.29 is 14.3 Å². The summed E-state index contributed by atoms with van der Waals surface area (Å²) in [5.41, 5.74) is 8.47. The minimum absolute atomic E-state index is 0.121. The number of aromatic nitrogens is 2. The number of nitrogens with two attached hydrogens (primary N) is 1. The van der Waals surface area contributed by atoms with Crippen LogP contribution in [0.4, 0.5) is 11.8 Å². The Hall–Kier alpha value is -4.33. The van der Waals surface area contributed by atoms with Gasteiger partial charge in [-0.05, 0) is 73.2 Å². The first-order valence-electron chi connectivity index (χ1n) is 13.6. The third-order valence-electron chi connectivity index (χ3n) is 8.16. The summed E-state index contributed by atoms with van der Waals surface area (Å²) >= 11 is 0. The largest absolute Gasteiger partial charge is 0.497 e. The zero-order valence-corrected chi connectivity index (χ0v) is 23.6. The van der Waals surface area contributed by atoms with Gasteiger partial charge in [-0.1, -0.05) is 36.4 Å². The Morgan fingerprint density at radius 2 is 1.45 bits per heavy atom. The fraction of sp³-hybridized carbons (Fsp3) is 0.344. The van der Waals surface area contributed by atoms with Gasteiger partial charge in [0.05, 0.1) is 25.2 Å². The molecular formula is C32H37N5O3. The highest BCUT2D eigenvalue weighted by Crippen LogP contribution is 2.51. The summed E-state index contributed by atoms with van der Waals surface area (Å²) < 4.78 is 10.8. The van der Waals surface area contributed by atoms with Crippen LogP contribution in [-0.4, -0.2) is 50.2 Å². The lowest BCUT2D eigenvalue weighted by Gasteiger charge is -2.44. The van der Waals surface area contributed by atoms with Crippen LogP contribution in [0.5, 0.6) is 11.5 Å². The van der Waals surface area contributed by atoms with E-state index in [0.717, 1.165) is 52.2 Å². The van der Waals surface area contributed by atoms with Crippen molar-refractivity contribution in [3.8, 4) is 11.5 Å². The van der Waals surface area contributed by atoms with Crippen LogP contribution >= 0.6 is 0 Å². The smallest absolute Gasteiger partial charge is 0.225 e. The normalized spacial score (nSPS) is 18.9. The fourth-order valence-electron chi connectivity index (χ4n) is 6.03. The van der Waals surface area contributed by atoms with E-state index in [-0.39, 0.29) is 17.9 Å². The van der Waals surface area contributed by atoms with E-state index in [4.69, 9.17) is 25.2 Å². The number of hydrogen-bond donors (Lipinski definition) is 2. The molecule has 1 heterocycles. The van der Waals surface area contributed by atoms with Gasteiger partial charge in [0.25, 0.3) is 0 Å². The molecule has 5 rings (SSSR count). The third-order valence-corrected chi connectivity index (χ3v) is 8.16. The lowest BCUT2D eigenvalue weighted by Crippen LogP contribution is -2.47. The zero-order valence-electron chi connectivity index (χ0n) is 23.6. The number of benzene rings is 3. The second-order valence-corrected chi connectivity index (χ2v) is 10.7. The van der Waals surface area contributed by atoms with E-state index in [2.05, 4.69) is 5.32 Å². The number of nitrogens with zero attached hydrogens (tertiary/aromatic N) is 3. The molecule has 208 valence electrons. The van der Waals surface area contributed by atoms with Crippen LogP contribution in [0.2, 0.25) is 0 Å². The SMILES string of the molecule is COc1ccc(C(c2ccc(OC)cc2)C2(C(N)=O)CCC(Nc3nc(N(C)C)c4ccccc4n3)CC2)cc1. The van der Waals surface area contributed by atoms with Crippen molar-refractivity contribution in [2.24, 2.45) is 11.1 Å². The minimum atomic E-state index is -0.750. The molecule has 0 saturated heterocycles. The molecule has 1 fully saturated rings. The van der Waals surface area contributed by atoms with Crippen molar-refractivity contribution in [2.75, 3.05) is 38.5 Å². The van der Waals surface area contributed by atoms with Crippen LogP contribution in [0.25, 0.3) is 10.9 Å². The summed E-state index contributed by atoms with van der Waals surface area (Å²) in [7, 11) is 7.27. The first-order valence-corrected chi connectivity index (χ1v) is 13.6. The molecule has 8 heteroatoms. The molecule has 1 aliphatic rings. The van der Waals surface area contributed by atoms with Gasteiger partial charge in [0.2, 0.25) is 11.9 Å². The number of carbonyl (C=O) groups excluding carboxylic acids is 1. The van der Waals surface area contributed by atoms with Crippen LogP contribution in [0.3, 0.4) is 0 Å². The van der Waals surface area contributed by atoms with E-state index >= 15 is 0 Å². The maximum absolute atomic E-state index is 13.4. The molecule has 1 aromatic heterocycles. The molecule has 1 amide bonds. The van der Waals surface area contributed by atoms with Crippen molar-refractivity contribution in [1.29, 1.82) is 0 Å². The Morgan fingerprint density at radius 1 is 0.900 bits per heavy atom. The van der Waals surface area contributed by atoms with Gasteiger partial charge < -0.3 is 25.4 Å². The van der Waals surface area contributed by atoms with E-state index in [1.807, 2.05) is 91.8 Å². The first kappa shape index (κ1) is 27.2. The average molecular weight is 540 g/mol. The second kappa shape index (κ2) is 11.4. The van der Waals surface area contributed by atoms with Crippen molar-refractivity contribution in [3.63, 3.8) is 0 Å². The summed E-state index contributed by atoms with van der Waals surface area (Å²) in [4.78, 5) is 25.0. The molecule has 1 saturated carbocycles. The number of ether oxygens (including phenoxy) is 2. The van der Waals surface area contributed by atoms with Crippen LogP contribution in [-0.2, 0) is 4.79 Å². The molecule has 0 spiro atoms. The van der Waals surface area contributed by atoms with Crippen LogP contribution in [0.15, 0.2) is 72.8 Å². The number of anilines is 2. The number of para-hydroxylation sites is 1. The zero-order chi connectivity index (χ0) is 28.3. The van der Waals surface area contributed by atoms with E-state index in [9.17, 15) is 4.79 Å². The number of fused-ring (bicyclic) bond motifs is 1. The Balaban J connectivity index is 1.45. The maximum Gasteiger partial charge on any atom is 0.225 e. The molecule has 8 nitrogen and oxygen atoms in total. The number of nitrogens with one attached hydrogen (secondary N) is 1. The van der Waals surface area contributed by atoms with Gasteiger partial charge in [0.1, 0.15) is 17.3 Å². The maximum atomic E-state index is 13.4. The third kappa shape index (κ3) is 5.26. The van der Waals surface area contributed by atoms with Gasteiger partial charge in [0.15, 0.2) is 0 Å². The second-order valence-electron chi connectivity index (χ2n) is 10.7. The number of amides is 1. The molecular weight excluding hydrogens is 502 g/mol. The predicted molar refractivity (Wildman–Crippen MR) is 159 cm³/mol. The molecule has 0 unspecified atom stereocenters. The highest BCUT2D eigenvalue weighted by Gasteiger charge is 2.48. The standard InChI is InChI=1S/C32H37N5O3/c1-37(2)29-26-7-5-6-8-27(26)35-31(36-29)34-23-17-19-32(20-18-23,30(33)38)28(21-9-13-24(39-3)14-10-21)22-11-15-25(40-4)16-12-22/h5-16,23,28H,17-20H2,1-4H3,(H2,33,38)(H,34,35,36). The average Bonchev–Trinajstić information content (AvgIpc) is 2.98. The molecule has 4 aromatic rings. The van der Waals surface area contributed by atoms with E-state index in [1.165, 1.54) is 0 Å². The summed E-state index contributed by atoms with van der Waals surface area (Å²) in [5.74, 6) is 2.52. The molecule has 40 heavy (non-hydrogen) atoms. The Bertz CT molecular complexity index is 1420. The number of hydrogen-bond acceptors (Lipinski definition) is 7. The van der Waals surface area contributed by atoms with Crippen molar-refractivity contribution >= 4 is 28.6 Å². The van der Waals surface area contributed by atoms with Gasteiger partial charge in [-0.15, -0.1) is 0 Å². The fourth-order valence-corrected chi connectivity index (χ4v) is 6.03. The number of rotatable bonds is 9. The van der Waals surface area contributed by atoms with E-state index < -0.39 is 5.41 Å². The van der Waals surface area contributed by atoms with Gasteiger partial charge >= 0.3 is 0 Å². The monoisotopic (exact) mass is 539 g/mol. The molecule has 1 aliphatic carbocycles. The van der Waals surface area contributed by atoms with Crippen LogP contribution in [0, 0.1) is 5.41 Å². The molecule has 0 atom stereocenters. The van der Waals surface area contributed by atoms with Gasteiger partial charge in [-0.25, -0.2) is 4.98 Å². The number of methoxy groups -OCH3 is 2. The van der Waals surface area contributed by atoms with Gasteiger partial charge in [-0.2, -0.15) is 4.98 Å². The lowest BCUT2D eigenvalue weighted by atomic mass is 9.60. The Labute approximate surface area is 235 Å².